The summed E-state index contributed by atoms with van der Waals surface area (Å²) in [4.78, 5) is 40.4. The van der Waals surface area contributed by atoms with Gasteiger partial charge in [-0.3, -0.25) is 0 Å². The van der Waals surface area contributed by atoms with Crippen LogP contribution in [0.5, 0.6) is 0 Å². The van der Waals surface area contributed by atoms with Crippen LogP contribution in [0.15, 0.2) is 25.3 Å². The molecule has 9 nitrogen and oxygen atoms in total. The lowest BCUT2D eigenvalue weighted by molar-refractivity contribution is -0.0761. The lowest BCUT2D eigenvalue weighted by Gasteiger charge is -2.35. The first-order chi connectivity index (χ1) is 15.2. The summed E-state index contributed by atoms with van der Waals surface area (Å²) in [6, 6.07) is 0. The zero-order chi connectivity index (χ0) is 27.0. The molecule has 0 aromatic rings. The molecular formula is C25H44N2O7. The summed E-state index contributed by atoms with van der Waals surface area (Å²) < 4.78 is 21.9. The van der Waals surface area contributed by atoms with Gasteiger partial charge in [0, 0.05) is 13.1 Å². The van der Waals surface area contributed by atoms with E-state index in [4.69, 9.17) is 18.9 Å². The van der Waals surface area contributed by atoms with E-state index in [0.29, 0.717) is 0 Å². The van der Waals surface area contributed by atoms with Crippen LogP contribution in [-0.4, -0.2) is 76.7 Å². The standard InChI is InChI=1S/C25H44N2O7/c1-13-15-26(19(28)31-22(3,4)5)17-24(9,10)33-21(30)34-25(11,12)18-27(16-14-2)20(29)32-23(6,7)8/h13-14H,1-2,15-18H2,3-12H3. The first kappa shape index (κ1) is 31.3. The third kappa shape index (κ3) is 13.7. The number of hydrogen-bond acceptors (Lipinski definition) is 7. The fourth-order valence-corrected chi connectivity index (χ4v) is 2.83. The van der Waals surface area contributed by atoms with Crippen molar-refractivity contribution in [2.24, 2.45) is 0 Å². The average Bonchev–Trinajstić information content (AvgIpc) is 2.56. The topological polar surface area (TPSA) is 94.6 Å². The number of carbonyl (C=O) groups is 3. The minimum atomic E-state index is -1.08. The summed E-state index contributed by atoms with van der Waals surface area (Å²) in [5, 5.41) is 0. The van der Waals surface area contributed by atoms with E-state index in [0.717, 1.165) is 0 Å². The second-order valence-electron chi connectivity index (χ2n) is 11.3. The van der Waals surface area contributed by atoms with Crippen molar-refractivity contribution in [3.8, 4) is 0 Å². The van der Waals surface area contributed by atoms with E-state index in [1.807, 2.05) is 0 Å². The molecule has 0 N–H and O–H groups in total. The molecule has 0 spiro atoms. The number of rotatable bonds is 10. The molecule has 196 valence electrons. The Morgan fingerprint density at radius 3 is 1.15 bits per heavy atom. The predicted octanol–water partition coefficient (Wildman–Crippen LogP) is 5.54. The molecule has 0 saturated carbocycles. The Morgan fingerprint density at radius 1 is 0.618 bits per heavy atom. The highest BCUT2D eigenvalue weighted by Crippen LogP contribution is 2.20. The lowest BCUT2D eigenvalue weighted by Crippen LogP contribution is -2.49. The van der Waals surface area contributed by atoms with Gasteiger partial charge in [0.05, 0.1) is 13.1 Å². The van der Waals surface area contributed by atoms with Gasteiger partial charge in [0.15, 0.2) is 0 Å². The van der Waals surface area contributed by atoms with E-state index in [9.17, 15) is 14.4 Å². The molecule has 0 unspecified atom stereocenters. The molecule has 0 aliphatic heterocycles. The lowest BCUT2D eigenvalue weighted by atomic mass is 10.1. The molecule has 0 saturated heterocycles. The fourth-order valence-electron chi connectivity index (χ4n) is 2.83. The number of ether oxygens (including phenoxy) is 4. The molecule has 0 bridgehead atoms. The molecule has 0 aliphatic rings. The van der Waals surface area contributed by atoms with Gasteiger partial charge >= 0.3 is 18.3 Å². The van der Waals surface area contributed by atoms with E-state index in [1.165, 1.54) is 9.80 Å². The summed E-state index contributed by atoms with van der Waals surface area (Å²) in [7, 11) is 0. The second-order valence-corrected chi connectivity index (χ2v) is 11.3. The minimum Gasteiger partial charge on any atom is -0.444 e. The maximum Gasteiger partial charge on any atom is 0.509 e. The van der Waals surface area contributed by atoms with Crippen LogP contribution in [0.3, 0.4) is 0 Å². The van der Waals surface area contributed by atoms with E-state index in [1.54, 1.807) is 81.4 Å². The number of amides is 2. The van der Waals surface area contributed by atoms with Crippen LogP contribution in [0.25, 0.3) is 0 Å². The van der Waals surface area contributed by atoms with Crippen LogP contribution >= 0.6 is 0 Å². The molecule has 0 atom stereocenters. The Hall–Kier alpha value is -2.71. The van der Waals surface area contributed by atoms with Gasteiger partial charge in [0.2, 0.25) is 0 Å². The van der Waals surface area contributed by atoms with Crippen molar-refractivity contribution in [3.63, 3.8) is 0 Å². The molecule has 34 heavy (non-hydrogen) atoms. The molecule has 0 radical (unpaired) electrons. The molecule has 2 amide bonds. The van der Waals surface area contributed by atoms with Gasteiger partial charge in [0.1, 0.15) is 22.4 Å². The maximum absolute atomic E-state index is 12.6. The van der Waals surface area contributed by atoms with Crippen LogP contribution in [0.1, 0.15) is 69.2 Å². The van der Waals surface area contributed by atoms with Crippen LogP contribution in [-0.2, 0) is 18.9 Å². The predicted molar refractivity (Wildman–Crippen MR) is 132 cm³/mol. The average molecular weight is 485 g/mol. The zero-order valence-corrected chi connectivity index (χ0v) is 22.6. The number of hydrogen-bond donors (Lipinski definition) is 0. The van der Waals surface area contributed by atoms with Crippen molar-refractivity contribution in [2.45, 2.75) is 91.6 Å². The molecule has 0 rings (SSSR count). The summed E-state index contributed by atoms with van der Waals surface area (Å²) in [5.74, 6) is 0. The van der Waals surface area contributed by atoms with Crippen molar-refractivity contribution in [1.82, 2.24) is 9.80 Å². The molecule has 0 fully saturated rings. The van der Waals surface area contributed by atoms with Gasteiger partial charge in [-0.05, 0) is 69.2 Å². The van der Waals surface area contributed by atoms with Crippen LogP contribution < -0.4 is 0 Å². The zero-order valence-electron chi connectivity index (χ0n) is 22.6. The highest BCUT2D eigenvalue weighted by molar-refractivity contribution is 5.69. The number of carbonyl (C=O) groups excluding carboxylic acids is 3. The molecule has 0 heterocycles. The van der Waals surface area contributed by atoms with Crippen LogP contribution in [0, 0.1) is 0 Å². The molecule has 0 aliphatic carbocycles. The fraction of sp³-hybridized carbons (Fsp3) is 0.720. The third-order valence-electron chi connectivity index (χ3n) is 3.86. The summed E-state index contributed by atoms with van der Waals surface area (Å²) >= 11 is 0. The Bertz CT molecular complexity index is 671. The highest BCUT2D eigenvalue weighted by Gasteiger charge is 2.35. The van der Waals surface area contributed by atoms with Gasteiger partial charge in [-0.15, -0.1) is 13.2 Å². The quantitative estimate of drug-likeness (QED) is 0.228. The largest absolute Gasteiger partial charge is 0.509 e. The molecular weight excluding hydrogens is 440 g/mol. The van der Waals surface area contributed by atoms with E-state index < -0.39 is 40.7 Å². The Balaban J connectivity index is 5.23. The highest BCUT2D eigenvalue weighted by atomic mass is 16.7. The van der Waals surface area contributed by atoms with Crippen molar-refractivity contribution in [2.75, 3.05) is 26.2 Å². The molecule has 0 aromatic carbocycles. The van der Waals surface area contributed by atoms with E-state index in [2.05, 4.69) is 13.2 Å². The Kier molecular flexibility index (Phi) is 11.2. The van der Waals surface area contributed by atoms with Gasteiger partial charge in [-0.25, -0.2) is 14.4 Å². The smallest absolute Gasteiger partial charge is 0.444 e. The summed E-state index contributed by atoms with van der Waals surface area (Å²) in [6.45, 7) is 25.1. The second kappa shape index (κ2) is 12.1. The normalized spacial score (nSPS) is 12.3. The van der Waals surface area contributed by atoms with E-state index >= 15 is 0 Å². The van der Waals surface area contributed by atoms with Crippen LogP contribution in [0.2, 0.25) is 0 Å². The minimum absolute atomic E-state index is 0.0595. The van der Waals surface area contributed by atoms with Gasteiger partial charge in [-0.1, -0.05) is 12.2 Å². The van der Waals surface area contributed by atoms with Crippen molar-refractivity contribution >= 4 is 18.3 Å². The van der Waals surface area contributed by atoms with Crippen molar-refractivity contribution < 1.29 is 33.3 Å². The molecule has 9 heteroatoms. The monoisotopic (exact) mass is 484 g/mol. The van der Waals surface area contributed by atoms with E-state index in [-0.39, 0.29) is 26.2 Å². The summed E-state index contributed by atoms with van der Waals surface area (Å²) in [5.41, 5.74) is -3.51. The Labute approximate surface area is 205 Å². The van der Waals surface area contributed by atoms with Crippen molar-refractivity contribution in [1.29, 1.82) is 0 Å². The van der Waals surface area contributed by atoms with Gasteiger partial charge in [-0.2, -0.15) is 0 Å². The first-order valence-corrected chi connectivity index (χ1v) is 11.3. The number of nitrogens with zero attached hydrogens (tertiary/aromatic N) is 2. The van der Waals surface area contributed by atoms with Gasteiger partial charge < -0.3 is 28.7 Å². The molecule has 0 aromatic heterocycles. The van der Waals surface area contributed by atoms with Crippen molar-refractivity contribution in [3.05, 3.63) is 25.3 Å². The maximum atomic E-state index is 12.6. The Morgan fingerprint density at radius 2 is 0.912 bits per heavy atom. The summed E-state index contributed by atoms with van der Waals surface area (Å²) in [6.07, 6.45) is 1.10. The SMILES string of the molecule is C=CCN(CC(C)(C)OC(=O)OC(C)(C)CN(CC=C)C(=O)OC(C)(C)C)C(=O)OC(C)(C)C. The van der Waals surface area contributed by atoms with Crippen LogP contribution in [0.4, 0.5) is 14.4 Å². The third-order valence-corrected chi connectivity index (χ3v) is 3.86. The first-order valence-electron chi connectivity index (χ1n) is 11.3. The van der Waals surface area contributed by atoms with Gasteiger partial charge in [0.25, 0.3) is 0 Å².